The molecule has 11 rings (SSSR count). The van der Waals surface area contributed by atoms with Crippen LogP contribution in [0.25, 0.3) is 105 Å². The number of nitrogens with zero attached hydrogens (tertiary/aromatic N) is 3. The molecule has 0 amide bonds. The number of rotatable bonds is 5. The molecule has 0 saturated carbocycles. The minimum absolute atomic E-state index is 0.724. The van der Waals surface area contributed by atoms with Crippen LogP contribution in [-0.2, 0) is 0 Å². The molecule has 0 fully saturated rings. The summed E-state index contributed by atoms with van der Waals surface area (Å²) in [5.41, 5.74) is 13.8. The van der Waals surface area contributed by atoms with Crippen LogP contribution in [0.15, 0.2) is 192 Å². The molecule has 0 aliphatic carbocycles. The fourth-order valence-corrected chi connectivity index (χ4v) is 7.98. The van der Waals surface area contributed by atoms with Crippen LogP contribution in [0.5, 0.6) is 0 Å². The van der Waals surface area contributed by atoms with E-state index in [4.69, 9.17) is 14.4 Å². The van der Waals surface area contributed by atoms with Crippen molar-refractivity contribution in [1.82, 2.24) is 14.5 Å². The van der Waals surface area contributed by atoms with Gasteiger partial charge in [0.25, 0.3) is 0 Å². The lowest BCUT2D eigenvalue weighted by molar-refractivity contribution is 0.669. The quantitative estimate of drug-likeness (QED) is 0.181. The molecule has 0 aliphatic heterocycles. The average Bonchev–Trinajstić information content (AvgIpc) is 3.78. The van der Waals surface area contributed by atoms with E-state index < -0.39 is 0 Å². The molecule has 3 aromatic heterocycles. The molecule has 11 aromatic rings. The fraction of sp³-hybridized carbons (Fsp3) is 0. The van der Waals surface area contributed by atoms with Crippen molar-refractivity contribution in [2.45, 2.75) is 0 Å². The Balaban J connectivity index is 1.09. The Labute approximate surface area is 311 Å². The van der Waals surface area contributed by atoms with Crippen LogP contribution in [0.2, 0.25) is 0 Å². The topological polar surface area (TPSA) is 43.9 Å². The normalized spacial score (nSPS) is 11.7. The molecule has 252 valence electrons. The number of fused-ring (bicyclic) bond motifs is 7. The Morgan fingerprint density at radius 3 is 1.74 bits per heavy atom. The summed E-state index contributed by atoms with van der Waals surface area (Å²) >= 11 is 0. The number of furan rings is 1. The minimum atomic E-state index is 0.724. The highest BCUT2D eigenvalue weighted by Gasteiger charge is 2.17. The summed E-state index contributed by atoms with van der Waals surface area (Å²) in [4.78, 5) is 10.2. The van der Waals surface area contributed by atoms with Gasteiger partial charge in [-0.05, 0) is 82.9 Å². The maximum absolute atomic E-state index is 6.14. The summed E-state index contributed by atoms with van der Waals surface area (Å²) in [5.74, 6) is 0.724. The van der Waals surface area contributed by atoms with Crippen LogP contribution in [0.1, 0.15) is 0 Å². The highest BCUT2D eigenvalue weighted by atomic mass is 16.3. The Morgan fingerprint density at radius 1 is 0.352 bits per heavy atom. The van der Waals surface area contributed by atoms with Gasteiger partial charge in [0.15, 0.2) is 5.82 Å². The zero-order valence-electron chi connectivity index (χ0n) is 29.1. The first kappa shape index (κ1) is 30.3. The summed E-state index contributed by atoms with van der Waals surface area (Å²) < 4.78 is 8.53. The number of aromatic nitrogens is 3. The SMILES string of the molecule is c1ccc(-c2nc(-c3ccccc3)c3cc(-c4ccc5c(c4)c4ccc(-c6ccc7oc8ccccc8c7c6)cc4n5-c4ccccc4)ccc3n2)cc1. The molecule has 0 radical (unpaired) electrons. The van der Waals surface area contributed by atoms with Crippen LogP contribution in [-0.4, -0.2) is 14.5 Å². The fourth-order valence-electron chi connectivity index (χ4n) is 7.98. The Kier molecular flexibility index (Phi) is 6.82. The van der Waals surface area contributed by atoms with Crippen molar-refractivity contribution >= 4 is 54.6 Å². The third-order valence-electron chi connectivity index (χ3n) is 10.6. The van der Waals surface area contributed by atoms with Crippen molar-refractivity contribution in [2.75, 3.05) is 0 Å². The number of hydrogen-bond acceptors (Lipinski definition) is 3. The Morgan fingerprint density at radius 2 is 0.944 bits per heavy atom. The van der Waals surface area contributed by atoms with Gasteiger partial charge < -0.3 is 8.98 Å². The molecule has 3 heterocycles. The molecule has 8 aromatic carbocycles. The summed E-state index contributed by atoms with van der Waals surface area (Å²) in [7, 11) is 0. The van der Waals surface area contributed by atoms with E-state index in [0.29, 0.717) is 0 Å². The van der Waals surface area contributed by atoms with Gasteiger partial charge in [-0.25, -0.2) is 9.97 Å². The highest BCUT2D eigenvalue weighted by Crippen LogP contribution is 2.39. The van der Waals surface area contributed by atoms with Crippen LogP contribution in [0.4, 0.5) is 0 Å². The number of para-hydroxylation sites is 2. The van der Waals surface area contributed by atoms with E-state index in [0.717, 1.165) is 94.5 Å². The molecular weight excluding hydrogens is 659 g/mol. The zero-order chi connectivity index (χ0) is 35.6. The molecule has 0 saturated heterocycles. The van der Waals surface area contributed by atoms with Gasteiger partial charge in [-0.2, -0.15) is 0 Å². The van der Waals surface area contributed by atoms with Crippen molar-refractivity contribution in [3.8, 4) is 50.6 Å². The second-order valence-corrected chi connectivity index (χ2v) is 13.8. The summed E-state index contributed by atoms with van der Waals surface area (Å²) in [6.07, 6.45) is 0. The molecule has 0 bridgehead atoms. The first-order valence-electron chi connectivity index (χ1n) is 18.2. The molecule has 0 unspecified atom stereocenters. The smallest absolute Gasteiger partial charge is 0.160 e. The second kappa shape index (κ2) is 12.1. The summed E-state index contributed by atoms with van der Waals surface area (Å²) in [6, 6.07) is 66.3. The van der Waals surface area contributed by atoms with Crippen molar-refractivity contribution in [3.63, 3.8) is 0 Å². The van der Waals surface area contributed by atoms with Gasteiger partial charge >= 0.3 is 0 Å². The maximum atomic E-state index is 6.14. The van der Waals surface area contributed by atoms with Crippen molar-refractivity contribution in [1.29, 1.82) is 0 Å². The third-order valence-corrected chi connectivity index (χ3v) is 10.6. The van der Waals surface area contributed by atoms with E-state index >= 15 is 0 Å². The number of hydrogen-bond donors (Lipinski definition) is 0. The van der Waals surface area contributed by atoms with E-state index in [1.165, 1.54) is 10.8 Å². The first-order chi connectivity index (χ1) is 26.7. The van der Waals surface area contributed by atoms with E-state index in [-0.39, 0.29) is 0 Å². The third kappa shape index (κ3) is 4.92. The van der Waals surface area contributed by atoms with E-state index in [9.17, 15) is 0 Å². The maximum Gasteiger partial charge on any atom is 0.160 e. The lowest BCUT2D eigenvalue weighted by atomic mass is 9.98. The van der Waals surface area contributed by atoms with Crippen LogP contribution in [0, 0.1) is 0 Å². The Bertz CT molecular complexity index is 3200. The predicted octanol–water partition coefficient (Wildman–Crippen LogP) is 13.3. The van der Waals surface area contributed by atoms with Gasteiger partial charge in [0.1, 0.15) is 11.2 Å². The molecule has 4 heteroatoms. The van der Waals surface area contributed by atoms with Gasteiger partial charge in [0.05, 0.1) is 22.2 Å². The van der Waals surface area contributed by atoms with Gasteiger partial charge in [-0.15, -0.1) is 0 Å². The first-order valence-corrected chi connectivity index (χ1v) is 18.2. The van der Waals surface area contributed by atoms with Gasteiger partial charge in [-0.1, -0.05) is 127 Å². The van der Waals surface area contributed by atoms with Gasteiger partial charge in [-0.3, -0.25) is 0 Å². The molecule has 4 nitrogen and oxygen atoms in total. The molecule has 0 spiro atoms. The number of benzene rings is 8. The molecular formula is C50H31N3O. The van der Waals surface area contributed by atoms with E-state index in [1.807, 2.05) is 36.4 Å². The predicted molar refractivity (Wildman–Crippen MR) is 223 cm³/mol. The van der Waals surface area contributed by atoms with Crippen LogP contribution >= 0.6 is 0 Å². The van der Waals surface area contributed by atoms with Gasteiger partial charge in [0, 0.05) is 43.7 Å². The molecule has 54 heavy (non-hydrogen) atoms. The largest absolute Gasteiger partial charge is 0.456 e. The summed E-state index contributed by atoms with van der Waals surface area (Å²) in [6.45, 7) is 0. The van der Waals surface area contributed by atoms with Crippen molar-refractivity contribution in [3.05, 3.63) is 188 Å². The molecule has 0 N–H and O–H groups in total. The minimum Gasteiger partial charge on any atom is -0.456 e. The van der Waals surface area contributed by atoms with Crippen molar-refractivity contribution in [2.24, 2.45) is 0 Å². The van der Waals surface area contributed by atoms with Gasteiger partial charge in [0.2, 0.25) is 0 Å². The second-order valence-electron chi connectivity index (χ2n) is 13.8. The Hall–Kier alpha value is -7.30. The average molecular weight is 690 g/mol. The van der Waals surface area contributed by atoms with Crippen LogP contribution < -0.4 is 0 Å². The molecule has 0 aliphatic rings. The van der Waals surface area contributed by atoms with E-state index in [1.54, 1.807) is 0 Å². The lowest BCUT2D eigenvalue weighted by Crippen LogP contribution is -1.95. The lowest BCUT2D eigenvalue weighted by Gasteiger charge is -2.12. The highest BCUT2D eigenvalue weighted by molar-refractivity contribution is 6.12. The standard InChI is InChI=1S/C50H31N3O/c1-4-12-32(13-5-1)49-43-30-34(21-25-44(43)51-50(52-49)33-14-6-2-7-15-33)35-22-26-45-41(28-35)39-24-20-37(31-46(39)53(45)38-16-8-3-9-17-38)36-23-27-48-42(29-36)40-18-10-11-19-47(40)54-48/h1-31H. The van der Waals surface area contributed by atoms with Crippen molar-refractivity contribution < 1.29 is 4.42 Å². The zero-order valence-corrected chi connectivity index (χ0v) is 29.1. The summed E-state index contributed by atoms with van der Waals surface area (Å²) in [5, 5.41) is 5.69. The monoisotopic (exact) mass is 689 g/mol. The van der Waals surface area contributed by atoms with E-state index in [2.05, 4.69) is 156 Å². The van der Waals surface area contributed by atoms with Crippen LogP contribution in [0.3, 0.4) is 0 Å². The molecule has 0 atom stereocenters.